The summed E-state index contributed by atoms with van der Waals surface area (Å²) in [6.07, 6.45) is -3.35. The van der Waals surface area contributed by atoms with Crippen LogP contribution in [0.5, 0.6) is 0 Å². The van der Waals surface area contributed by atoms with Gasteiger partial charge >= 0.3 is 12.1 Å². The van der Waals surface area contributed by atoms with Crippen LogP contribution in [0.25, 0.3) is 11.5 Å². The molecule has 140 valence electrons. The van der Waals surface area contributed by atoms with Gasteiger partial charge in [0, 0.05) is 5.69 Å². The van der Waals surface area contributed by atoms with Crippen molar-refractivity contribution in [3.05, 3.63) is 70.6 Å². The van der Waals surface area contributed by atoms with Crippen molar-refractivity contribution in [2.24, 2.45) is 0 Å². The summed E-state index contributed by atoms with van der Waals surface area (Å²) in [5.41, 5.74) is 4.74. The topological polar surface area (TPSA) is 78.4 Å². The minimum atomic E-state index is -4.62. The van der Waals surface area contributed by atoms with E-state index in [0.717, 1.165) is 12.1 Å². The number of aromatic nitrogens is 1. The molecule has 0 amide bonds. The molecule has 0 aliphatic rings. The summed E-state index contributed by atoms with van der Waals surface area (Å²) in [5.74, 6) is -0.731. The van der Waals surface area contributed by atoms with E-state index in [4.69, 9.17) is 26.5 Å². The Morgan fingerprint density at radius 1 is 1.22 bits per heavy atom. The Balaban J connectivity index is 1.72. The molecular formula is C18H12ClF3N2O3. The van der Waals surface area contributed by atoms with E-state index in [1.54, 1.807) is 24.3 Å². The number of alkyl halides is 3. The van der Waals surface area contributed by atoms with E-state index >= 15 is 0 Å². The summed E-state index contributed by atoms with van der Waals surface area (Å²) in [7, 11) is 0. The first-order valence-corrected chi connectivity index (χ1v) is 7.96. The Labute approximate surface area is 156 Å². The zero-order valence-electron chi connectivity index (χ0n) is 13.6. The van der Waals surface area contributed by atoms with Gasteiger partial charge in [-0.3, -0.25) is 0 Å². The highest BCUT2D eigenvalue weighted by Gasteiger charge is 2.31. The third kappa shape index (κ3) is 4.40. The van der Waals surface area contributed by atoms with Gasteiger partial charge in [0.2, 0.25) is 5.89 Å². The fourth-order valence-electron chi connectivity index (χ4n) is 2.29. The maximum absolute atomic E-state index is 12.8. The van der Waals surface area contributed by atoms with Crippen molar-refractivity contribution < 1.29 is 27.1 Å². The van der Waals surface area contributed by atoms with Crippen LogP contribution in [0.4, 0.5) is 18.9 Å². The second-order valence-electron chi connectivity index (χ2n) is 5.54. The van der Waals surface area contributed by atoms with Gasteiger partial charge in [0.15, 0.2) is 0 Å². The lowest BCUT2D eigenvalue weighted by Crippen LogP contribution is -2.11. The number of nitrogen functional groups attached to an aromatic ring is 1. The Kier molecular flexibility index (Phi) is 5.09. The summed E-state index contributed by atoms with van der Waals surface area (Å²) in [6.45, 7) is -0.289. The van der Waals surface area contributed by atoms with Crippen LogP contribution in [0.3, 0.4) is 0 Å². The predicted octanol–water partition coefficient (Wildman–Crippen LogP) is 4.95. The molecule has 0 saturated carbocycles. The molecule has 9 heteroatoms. The van der Waals surface area contributed by atoms with Gasteiger partial charge < -0.3 is 14.9 Å². The van der Waals surface area contributed by atoms with E-state index in [1.165, 1.54) is 6.26 Å². The maximum atomic E-state index is 12.8. The smallest absolute Gasteiger partial charge is 0.416 e. The number of nitrogens with zero attached hydrogens (tertiary/aromatic N) is 1. The molecule has 0 spiro atoms. The standard InChI is InChI=1S/C18H12ClF3N2O3/c19-15-4-2-1-3-14(15)16-24-13(8-26-16)9-27-17(25)10-5-11(18(20,21)22)7-12(23)6-10/h1-8H,9,23H2. The van der Waals surface area contributed by atoms with Crippen LogP contribution in [0.15, 0.2) is 53.1 Å². The van der Waals surface area contributed by atoms with Crippen molar-refractivity contribution in [1.29, 1.82) is 0 Å². The van der Waals surface area contributed by atoms with Crippen LogP contribution in [0, 0.1) is 0 Å². The minimum absolute atomic E-state index is 0.195. The molecule has 2 aromatic carbocycles. The van der Waals surface area contributed by atoms with E-state index in [-0.39, 0.29) is 29.4 Å². The van der Waals surface area contributed by atoms with Crippen LogP contribution in [-0.4, -0.2) is 11.0 Å². The first-order chi connectivity index (χ1) is 12.7. The Bertz CT molecular complexity index is 986. The fraction of sp³-hybridized carbons (Fsp3) is 0.111. The highest BCUT2D eigenvalue weighted by atomic mass is 35.5. The van der Waals surface area contributed by atoms with E-state index in [9.17, 15) is 18.0 Å². The van der Waals surface area contributed by atoms with Crippen LogP contribution in [-0.2, 0) is 17.5 Å². The van der Waals surface area contributed by atoms with Gasteiger partial charge in [-0.1, -0.05) is 23.7 Å². The molecule has 0 aliphatic carbocycles. The lowest BCUT2D eigenvalue weighted by atomic mass is 10.1. The number of ether oxygens (including phenoxy) is 1. The van der Waals surface area contributed by atoms with Crippen molar-refractivity contribution in [3.8, 4) is 11.5 Å². The molecule has 1 heterocycles. The second kappa shape index (κ2) is 7.32. The molecule has 5 nitrogen and oxygen atoms in total. The quantitative estimate of drug-likeness (QED) is 0.498. The normalized spacial score (nSPS) is 11.4. The average Bonchev–Trinajstić information content (AvgIpc) is 3.07. The molecule has 0 aliphatic heterocycles. The van der Waals surface area contributed by atoms with Crippen LogP contribution in [0.2, 0.25) is 5.02 Å². The van der Waals surface area contributed by atoms with E-state index in [1.807, 2.05) is 0 Å². The van der Waals surface area contributed by atoms with Gasteiger partial charge in [-0.25, -0.2) is 9.78 Å². The number of carbonyl (C=O) groups excluding carboxylic acids is 1. The number of esters is 1. The maximum Gasteiger partial charge on any atom is 0.416 e. The zero-order chi connectivity index (χ0) is 19.6. The Morgan fingerprint density at radius 3 is 2.67 bits per heavy atom. The molecule has 27 heavy (non-hydrogen) atoms. The van der Waals surface area contributed by atoms with Crippen molar-refractivity contribution >= 4 is 23.3 Å². The van der Waals surface area contributed by atoms with Crippen molar-refractivity contribution in [1.82, 2.24) is 4.98 Å². The number of rotatable bonds is 4. The monoisotopic (exact) mass is 396 g/mol. The highest BCUT2D eigenvalue weighted by Crippen LogP contribution is 2.31. The van der Waals surface area contributed by atoms with Gasteiger partial charge in [-0.2, -0.15) is 13.2 Å². The predicted molar refractivity (Wildman–Crippen MR) is 91.9 cm³/mol. The highest BCUT2D eigenvalue weighted by molar-refractivity contribution is 6.33. The van der Waals surface area contributed by atoms with E-state index in [0.29, 0.717) is 16.7 Å². The lowest BCUT2D eigenvalue weighted by Gasteiger charge is -2.10. The summed E-state index contributed by atoms with van der Waals surface area (Å²) in [6, 6.07) is 9.39. The molecule has 0 saturated heterocycles. The molecule has 0 fully saturated rings. The molecule has 3 rings (SSSR count). The largest absolute Gasteiger partial charge is 0.455 e. The third-order valence-corrected chi connectivity index (χ3v) is 3.86. The second-order valence-corrected chi connectivity index (χ2v) is 5.95. The SMILES string of the molecule is Nc1cc(C(=O)OCc2coc(-c3ccccc3Cl)n2)cc(C(F)(F)F)c1. The molecule has 1 aromatic heterocycles. The molecule has 0 atom stereocenters. The number of benzene rings is 2. The average molecular weight is 397 g/mol. The summed E-state index contributed by atoms with van der Waals surface area (Å²) < 4.78 is 48.7. The van der Waals surface area contributed by atoms with Crippen LogP contribution < -0.4 is 5.73 Å². The Morgan fingerprint density at radius 2 is 1.96 bits per heavy atom. The van der Waals surface area contributed by atoms with Gasteiger partial charge in [0.1, 0.15) is 18.6 Å². The van der Waals surface area contributed by atoms with E-state index < -0.39 is 17.7 Å². The van der Waals surface area contributed by atoms with Gasteiger partial charge in [0.05, 0.1) is 21.7 Å². The molecule has 2 N–H and O–H groups in total. The number of anilines is 1. The van der Waals surface area contributed by atoms with Crippen molar-refractivity contribution in [2.75, 3.05) is 5.73 Å². The number of hydrogen-bond donors (Lipinski definition) is 1. The molecule has 0 bridgehead atoms. The fourth-order valence-corrected chi connectivity index (χ4v) is 2.50. The molecule has 3 aromatic rings. The van der Waals surface area contributed by atoms with Crippen LogP contribution in [0.1, 0.15) is 21.6 Å². The van der Waals surface area contributed by atoms with Gasteiger partial charge in [-0.05, 0) is 30.3 Å². The van der Waals surface area contributed by atoms with Gasteiger partial charge in [-0.15, -0.1) is 0 Å². The number of halogens is 4. The number of carbonyl (C=O) groups is 1. The summed E-state index contributed by atoms with van der Waals surface area (Å²) in [5, 5.41) is 0.433. The first-order valence-electron chi connectivity index (χ1n) is 7.58. The van der Waals surface area contributed by atoms with Gasteiger partial charge in [0.25, 0.3) is 0 Å². The summed E-state index contributed by atoms with van der Waals surface area (Å²) in [4.78, 5) is 16.2. The summed E-state index contributed by atoms with van der Waals surface area (Å²) >= 11 is 6.05. The van der Waals surface area contributed by atoms with Crippen molar-refractivity contribution in [2.45, 2.75) is 12.8 Å². The number of oxazole rings is 1. The Hall–Kier alpha value is -3.00. The molecule has 0 unspecified atom stereocenters. The van der Waals surface area contributed by atoms with E-state index in [2.05, 4.69) is 4.98 Å². The lowest BCUT2D eigenvalue weighted by molar-refractivity contribution is -0.137. The van der Waals surface area contributed by atoms with Crippen LogP contribution >= 0.6 is 11.6 Å². The zero-order valence-corrected chi connectivity index (χ0v) is 14.3. The van der Waals surface area contributed by atoms with Crippen molar-refractivity contribution in [3.63, 3.8) is 0 Å². The first kappa shape index (κ1) is 18.8. The minimum Gasteiger partial charge on any atom is -0.455 e. The number of hydrogen-bond acceptors (Lipinski definition) is 5. The molecular weight excluding hydrogens is 385 g/mol. The third-order valence-electron chi connectivity index (χ3n) is 3.53. The molecule has 0 radical (unpaired) electrons. The number of nitrogens with two attached hydrogens (primary N) is 1.